The lowest BCUT2D eigenvalue weighted by Gasteiger charge is -2.31. The van der Waals surface area contributed by atoms with E-state index in [0.717, 1.165) is 25.7 Å². The Balaban J connectivity index is 1.41. The third-order valence-corrected chi connectivity index (χ3v) is 7.83. The lowest BCUT2D eigenvalue weighted by molar-refractivity contribution is -0.140. The molecule has 2 heterocycles. The van der Waals surface area contributed by atoms with Gasteiger partial charge in [0.15, 0.2) is 0 Å². The van der Waals surface area contributed by atoms with Crippen molar-refractivity contribution in [3.63, 3.8) is 0 Å². The average molecular weight is 423 g/mol. The maximum absolute atomic E-state index is 13.3. The van der Waals surface area contributed by atoms with Crippen molar-refractivity contribution in [3.05, 3.63) is 48.5 Å². The van der Waals surface area contributed by atoms with Crippen LogP contribution in [-0.4, -0.2) is 33.4 Å². The summed E-state index contributed by atoms with van der Waals surface area (Å²) in [5, 5.41) is 0. The summed E-state index contributed by atoms with van der Waals surface area (Å²) in [6.07, 6.45) is 3.51. The molecule has 2 fully saturated rings. The van der Waals surface area contributed by atoms with E-state index in [9.17, 15) is 18.6 Å². The first-order chi connectivity index (χ1) is 14.6. The van der Waals surface area contributed by atoms with Crippen molar-refractivity contribution in [3.8, 4) is 0 Å². The highest BCUT2D eigenvalue weighted by molar-refractivity contribution is 7.85. The van der Waals surface area contributed by atoms with Crippen LogP contribution in [0.5, 0.6) is 0 Å². The Morgan fingerprint density at radius 3 is 1.90 bits per heavy atom. The van der Waals surface area contributed by atoms with Crippen LogP contribution >= 0.6 is 0 Å². The van der Waals surface area contributed by atoms with Crippen LogP contribution in [0.4, 0.5) is 11.4 Å². The van der Waals surface area contributed by atoms with Gasteiger partial charge >= 0.3 is 0 Å². The van der Waals surface area contributed by atoms with Gasteiger partial charge in [-0.05, 0) is 37.1 Å². The van der Waals surface area contributed by atoms with Gasteiger partial charge in [-0.2, -0.15) is 0 Å². The number of likely N-dealkylation sites (tertiary alicyclic amines) is 1. The van der Waals surface area contributed by atoms with E-state index in [1.807, 2.05) is 12.1 Å². The standard InChI is InChI=1S/C23H22N2O4S/c26-21(13-14-24-22(27)15-7-1-2-8-16(15)23(24)28)25-17-9-3-5-11-19(17)30(29)20-12-6-4-10-18(20)25/h3-6,9-12,15-16H,1-2,7-8,13-14H2. The van der Waals surface area contributed by atoms with Gasteiger partial charge in [-0.3, -0.25) is 24.2 Å². The monoisotopic (exact) mass is 422 g/mol. The van der Waals surface area contributed by atoms with E-state index in [1.165, 1.54) is 4.90 Å². The molecule has 2 unspecified atom stereocenters. The van der Waals surface area contributed by atoms with E-state index in [-0.39, 0.29) is 42.5 Å². The SMILES string of the molecule is O=C1C2CCCCC2C(=O)N1CCC(=O)N1c2ccccc2S(=O)c2ccccc21. The van der Waals surface area contributed by atoms with E-state index < -0.39 is 10.8 Å². The molecule has 1 saturated carbocycles. The molecular weight excluding hydrogens is 400 g/mol. The van der Waals surface area contributed by atoms with Gasteiger partial charge in [0.25, 0.3) is 0 Å². The molecule has 2 aromatic carbocycles. The average Bonchev–Trinajstić information content (AvgIpc) is 3.02. The number of hydrogen-bond donors (Lipinski definition) is 0. The first-order valence-electron chi connectivity index (χ1n) is 10.4. The second-order valence-electron chi connectivity index (χ2n) is 8.01. The summed E-state index contributed by atoms with van der Waals surface area (Å²) in [6.45, 7) is 0.0907. The van der Waals surface area contributed by atoms with E-state index >= 15 is 0 Å². The molecule has 154 valence electrons. The quantitative estimate of drug-likeness (QED) is 0.711. The lowest BCUT2D eigenvalue weighted by Crippen LogP contribution is -2.37. The number of carbonyl (C=O) groups is 3. The van der Waals surface area contributed by atoms with Crippen molar-refractivity contribution in [1.82, 2.24) is 4.90 Å². The van der Waals surface area contributed by atoms with Crippen LogP contribution < -0.4 is 4.90 Å². The lowest BCUT2D eigenvalue weighted by atomic mass is 9.81. The highest BCUT2D eigenvalue weighted by atomic mass is 32.2. The minimum absolute atomic E-state index is 0.0340. The second-order valence-corrected chi connectivity index (χ2v) is 9.43. The molecule has 0 aromatic heterocycles. The first-order valence-corrected chi connectivity index (χ1v) is 11.5. The number of imide groups is 1. The predicted octanol–water partition coefficient (Wildman–Crippen LogP) is 3.40. The zero-order valence-corrected chi connectivity index (χ0v) is 17.3. The van der Waals surface area contributed by atoms with Crippen LogP contribution in [0.25, 0.3) is 0 Å². The number of rotatable bonds is 3. The molecule has 5 rings (SSSR count). The van der Waals surface area contributed by atoms with Gasteiger partial charge in [0.05, 0.1) is 43.8 Å². The Morgan fingerprint density at radius 1 is 0.867 bits per heavy atom. The number of para-hydroxylation sites is 2. The fourth-order valence-corrected chi connectivity index (χ4v) is 6.22. The van der Waals surface area contributed by atoms with Crippen LogP contribution in [0.2, 0.25) is 0 Å². The Bertz CT molecular complexity index is 1010. The molecule has 30 heavy (non-hydrogen) atoms. The van der Waals surface area contributed by atoms with Crippen LogP contribution in [-0.2, 0) is 25.2 Å². The molecule has 1 aliphatic carbocycles. The molecule has 6 nitrogen and oxygen atoms in total. The maximum Gasteiger partial charge on any atom is 0.233 e. The number of carbonyl (C=O) groups excluding carboxylic acids is 3. The maximum atomic E-state index is 13.3. The fourth-order valence-electron chi connectivity index (χ4n) is 4.88. The van der Waals surface area contributed by atoms with E-state index in [4.69, 9.17) is 0 Å². The van der Waals surface area contributed by atoms with Crippen molar-refractivity contribution >= 4 is 39.9 Å². The van der Waals surface area contributed by atoms with Gasteiger partial charge in [-0.15, -0.1) is 0 Å². The minimum atomic E-state index is -1.36. The van der Waals surface area contributed by atoms with Gasteiger partial charge in [0, 0.05) is 13.0 Å². The van der Waals surface area contributed by atoms with Crippen LogP contribution in [0, 0.1) is 11.8 Å². The molecule has 3 aliphatic rings. The van der Waals surface area contributed by atoms with Crippen molar-refractivity contribution in [2.75, 3.05) is 11.4 Å². The van der Waals surface area contributed by atoms with Crippen molar-refractivity contribution < 1.29 is 18.6 Å². The fraction of sp³-hybridized carbons (Fsp3) is 0.348. The summed E-state index contributed by atoms with van der Waals surface area (Å²) in [5.74, 6) is -0.890. The van der Waals surface area contributed by atoms with Crippen molar-refractivity contribution in [2.24, 2.45) is 11.8 Å². The summed E-state index contributed by atoms with van der Waals surface area (Å²) >= 11 is 0. The van der Waals surface area contributed by atoms with E-state index in [0.29, 0.717) is 21.2 Å². The summed E-state index contributed by atoms with van der Waals surface area (Å²) in [4.78, 5) is 42.8. The molecule has 2 aromatic rings. The molecule has 1 saturated heterocycles. The van der Waals surface area contributed by atoms with E-state index in [1.54, 1.807) is 41.3 Å². The van der Waals surface area contributed by atoms with Gasteiger partial charge in [0.1, 0.15) is 0 Å². The Hall–Kier alpha value is -2.80. The summed E-state index contributed by atoms with van der Waals surface area (Å²) in [7, 11) is -1.36. The summed E-state index contributed by atoms with van der Waals surface area (Å²) < 4.78 is 12.9. The molecule has 0 bridgehead atoms. The third kappa shape index (κ3) is 2.91. The van der Waals surface area contributed by atoms with Crippen LogP contribution in [0.1, 0.15) is 32.1 Å². The number of anilines is 2. The Labute approximate surface area is 177 Å². The normalized spacial score (nSPS) is 23.2. The Kier molecular flexibility index (Phi) is 4.77. The van der Waals surface area contributed by atoms with Gasteiger partial charge in [-0.25, -0.2) is 4.21 Å². The molecule has 0 spiro atoms. The van der Waals surface area contributed by atoms with Crippen molar-refractivity contribution in [1.29, 1.82) is 0 Å². The van der Waals surface area contributed by atoms with Crippen molar-refractivity contribution in [2.45, 2.75) is 41.9 Å². The predicted molar refractivity (Wildman–Crippen MR) is 111 cm³/mol. The highest BCUT2D eigenvalue weighted by Gasteiger charge is 2.48. The Morgan fingerprint density at radius 2 is 1.37 bits per heavy atom. The van der Waals surface area contributed by atoms with E-state index in [2.05, 4.69) is 0 Å². The molecule has 0 radical (unpaired) electrons. The van der Waals surface area contributed by atoms with Crippen LogP contribution in [0.15, 0.2) is 58.3 Å². The van der Waals surface area contributed by atoms with Crippen LogP contribution in [0.3, 0.4) is 0 Å². The number of hydrogen-bond acceptors (Lipinski definition) is 4. The summed E-state index contributed by atoms with van der Waals surface area (Å²) in [6, 6.07) is 14.3. The zero-order valence-electron chi connectivity index (χ0n) is 16.5. The molecular formula is C23H22N2O4S. The smallest absolute Gasteiger partial charge is 0.233 e. The summed E-state index contributed by atoms with van der Waals surface area (Å²) in [5.41, 5.74) is 1.18. The number of fused-ring (bicyclic) bond motifs is 3. The second kappa shape index (κ2) is 7.47. The number of nitrogens with zero attached hydrogens (tertiary/aromatic N) is 2. The van der Waals surface area contributed by atoms with Gasteiger partial charge in [-0.1, -0.05) is 37.1 Å². The molecule has 0 N–H and O–H groups in total. The molecule has 3 amide bonds. The highest BCUT2D eigenvalue weighted by Crippen LogP contribution is 2.42. The third-order valence-electron chi connectivity index (χ3n) is 6.34. The number of benzene rings is 2. The zero-order chi connectivity index (χ0) is 20.8. The topological polar surface area (TPSA) is 74.8 Å². The minimum Gasteiger partial charge on any atom is -0.282 e. The first kappa shape index (κ1) is 19.2. The van der Waals surface area contributed by atoms with Gasteiger partial charge < -0.3 is 0 Å². The molecule has 2 atom stereocenters. The van der Waals surface area contributed by atoms with Gasteiger partial charge in [0.2, 0.25) is 17.7 Å². The number of amides is 3. The largest absolute Gasteiger partial charge is 0.282 e. The molecule has 2 aliphatic heterocycles. The molecule has 7 heteroatoms.